The molecule has 2 bridgehead atoms. The van der Waals surface area contributed by atoms with Gasteiger partial charge in [-0.1, -0.05) is 36.4 Å². The first-order chi connectivity index (χ1) is 14.2. The minimum absolute atomic E-state index is 0.0146. The van der Waals surface area contributed by atoms with Crippen LogP contribution in [0.4, 0.5) is 0 Å². The second-order valence-corrected chi connectivity index (χ2v) is 7.87. The molecule has 2 N–H and O–H groups in total. The van der Waals surface area contributed by atoms with E-state index >= 15 is 0 Å². The summed E-state index contributed by atoms with van der Waals surface area (Å²) in [5.41, 5.74) is 7.49. The van der Waals surface area contributed by atoms with Crippen molar-refractivity contribution in [3.8, 4) is 17.7 Å². The molecule has 3 aliphatic rings. The van der Waals surface area contributed by atoms with Crippen molar-refractivity contribution in [2.24, 2.45) is 0 Å². The third-order valence-electron chi connectivity index (χ3n) is 6.12. The van der Waals surface area contributed by atoms with Crippen LogP contribution in [0.25, 0.3) is 0 Å². The Labute approximate surface area is 169 Å². The summed E-state index contributed by atoms with van der Waals surface area (Å²) in [6.07, 6.45) is 3.79. The van der Waals surface area contributed by atoms with Gasteiger partial charge in [0.1, 0.15) is 17.5 Å². The van der Waals surface area contributed by atoms with Crippen LogP contribution in [-0.2, 0) is 4.79 Å². The Morgan fingerprint density at radius 2 is 1.79 bits per heavy atom. The van der Waals surface area contributed by atoms with Crippen LogP contribution in [0.15, 0.2) is 54.6 Å². The number of piperazine rings is 1. The van der Waals surface area contributed by atoms with E-state index in [1.165, 1.54) is 0 Å². The van der Waals surface area contributed by atoms with Gasteiger partial charge in [0, 0.05) is 18.7 Å². The lowest BCUT2D eigenvalue weighted by molar-refractivity contribution is -0.135. The first-order valence-electron chi connectivity index (χ1n) is 10.0. The average molecular weight is 389 g/mol. The Morgan fingerprint density at radius 1 is 1.00 bits per heavy atom. The van der Waals surface area contributed by atoms with E-state index in [1.54, 1.807) is 4.90 Å². The smallest absolute Gasteiger partial charge is 0.241 e. The number of hydrogen-bond acceptors (Lipinski definition) is 6. The molecule has 0 radical (unpaired) electrons. The highest BCUT2D eigenvalue weighted by atomic mass is 16.5. The number of likely N-dealkylation sites (tertiary alicyclic amines) is 2. The van der Waals surface area contributed by atoms with Crippen LogP contribution in [0.2, 0.25) is 0 Å². The standard InChI is InChI=1S/C22H23N5O2/c23-14-26-12-16-10-15(26)13-27(16)22(28)20-11-19(24-25-20)18-8-4-5-9-21(18)29-17-6-2-1-3-7-17/h1-9,15-16,19-20,24-25H,10-13H2/t15-,16-,19?,20?/m1/s1. The van der Waals surface area contributed by atoms with Crippen molar-refractivity contribution in [2.75, 3.05) is 13.1 Å². The zero-order chi connectivity index (χ0) is 19.8. The second-order valence-electron chi connectivity index (χ2n) is 7.87. The summed E-state index contributed by atoms with van der Waals surface area (Å²) in [4.78, 5) is 16.8. The normalized spacial score (nSPS) is 27.8. The van der Waals surface area contributed by atoms with Crippen molar-refractivity contribution in [2.45, 2.75) is 37.0 Å². The Morgan fingerprint density at radius 3 is 2.55 bits per heavy atom. The molecule has 1 amide bonds. The molecule has 0 aromatic heterocycles. The molecule has 7 nitrogen and oxygen atoms in total. The molecule has 148 valence electrons. The molecule has 29 heavy (non-hydrogen) atoms. The third-order valence-corrected chi connectivity index (χ3v) is 6.12. The number of ether oxygens (including phenoxy) is 1. The molecular formula is C22H23N5O2. The Kier molecular flexibility index (Phi) is 4.58. The molecule has 7 heteroatoms. The van der Waals surface area contributed by atoms with Crippen molar-refractivity contribution in [3.05, 3.63) is 60.2 Å². The van der Waals surface area contributed by atoms with Gasteiger partial charge in [0.05, 0.1) is 18.1 Å². The van der Waals surface area contributed by atoms with Crippen LogP contribution >= 0.6 is 0 Å². The van der Waals surface area contributed by atoms with Crippen molar-refractivity contribution in [1.29, 1.82) is 5.26 Å². The van der Waals surface area contributed by atoms with Crippen molar-refractivity contribution < 1.29 is 9.53 Å². The first kappa shape index (κ1) is 18.0. The molecule has 3 fully saturated rings. The fourth-order valence-electron chi connectivity index (χ4n) is 4.66. The predicted octanol–water partition coefficient (Wildman–Crippen LogP) is 2.15. The summed E-state index contributed by atoms with van der Waals surface area (Å²) in [5.74, 6) is 1.69. The summed E-state index contributed by atoms with van der Waals surface area (Å²) < 4.78 is 6.08. The van der Waals surface area contributed by atoms with Gasteiger partial charge in [-0.05, 0) is 31.0 Å². The van der Waals surface area contributed by atoms with E-state index in [-0.39, 0.29) is 30.1 Å². The topological polar surface area (TPSA) is 80.6 Å². The van der Waals surface area contributed by atoms with Gasteiger partial charge in [-0.25, -0.2) is 10.9 Å². The third kappa shape index (κ3) is 3.31. The maximum atomic E-state index is 13.1. The highest BCUT2D eigenvalue weighted by Crippen LogP contribution is 2.35. The summed E-state index contributed by atoms with van der Waals surface area (Å²) in [6, 6.07) is 17.7. The van der Waals surface area contributed by atoms with Crippen LogP contribution in [-0.4, -0.2) is 46.9 Å². The van der Waals surface area contributed by atoms with Crippen molar-refractivity contribution >= 4 is 5.91 Å². The molecule has 0 spiro atoms. The molecule has 4 atom stereocenters. The van der Waals surface area contributed by atoms with Crippen LogP contribution in [0.1, 0.15) is 24.4 Å². The van der Waals surface area contributed by atoms with E-state index in [0.717, 1.165) is 23.5 Å². The van der Waals surface area contributed by atoms with Crippen LogP contribution in [0.5, 0.6) is 11.5 Å². The van der Waals surface area contributed by atoms with Gasteiger partial charge in [0.25, 0.3) is 0 Å². The molecule has 3 heterocycles. The SMILES string of the molecule is N#CN1C[C@H]2C[C@@H]1CN2C(=O)C1CC(c2ccccc2Oc2ccccc2)NN1. The van der Waals surface area contributed by atoms with E-state index in [1.807, 2.05) is 59.5 Å². The number of carbonyl (C=O) groups is 1. The number of nitriles is 1. The van der Waals surface area contributed by atoms with Gasteiger partial charge in [0.15, 0.2) is 6.19 Å². The zero-order valence-corrected chi connectivity index (χ0v) is 16.0. The number of rotatable bonds is 4. The molecule has 2 aromatic rings. The maximum Gasteiger partial charge on any atom is 0.241 e. The molecule has 2 unspecified atom stereocenters. The number of hydrogen-bond donors (Lipinski definition) is 2. The lowest BCUT2D eigenvalue weighted by Crippen LogP contribution is -2.52. The largest absolute Gasteiger partial charge is 0.457 e. The molecule has 3 saturated heterocycles. The minimum atomic E-state index is -0.278. The lowest BCUT2D eigenvalue weighted by atomic mass is 10.00. The number of para-hydroxylation sites is 2. The van der Waals surface area contributed by atoms with E-state index < -0.39 is 0 Å². The monoisotopic (exact) mass is 389 g/mol. The summed E-state index contributed by atoms with van der Waals surface area (Å²) in [6.45, 7) is 1.30. The number of benzene rings is 2. The van der Waals surface area contributed by atoms with Gasteiger partial charge in [-0.3, -0.25) is 4.79 Å². The van der Waals surface area contributed by atoms with E-state index in [0.29, 0.717) is 19.5 Å². The van der Waals surface area contributed by atoms with Gasteiger partial charge >= 0.3 is 0 Å². The quantitative estimate of drug-likeness (QED) is 0.780. The summed E-state index contributed by atoms with van der Waals surface area (Å²) >= 11 is 0. The zero-order valence-electron chi connectivity index (χ0n) is 16.0. The molecule has 3 aliphatic heterocycles. The maximum absolute atomic E-state index is 13.1. The highest BCUT2D eigenvalue weighted by Gasteiger charge is 2.47. The van der Waals surface area contributed by atoms with Crippen molar-refractivity contribution in [1.82, 2.24) is 20.7 Å². The Bertz CT molecular complexity index is 944. The molecule has 5 rings (SSSR count). The average Bonchev–Trinajstić information content (AvgIpc) is 3.50. The number of fused-ring (bicyclic) bond motifs is 2. The van der Waals surface area contributed by atoms with Gasteiger partial charge in [-0.15, -0.1) is 0 Å². The van der Waals surface area contributed by atoms with E-state index in [4.69, 9.17) is 10.00 Å². The van der Waals surface area contributed by atoms with Crippen LogP contribution in [0.3, 0.4) is 0 Å². The number of carbonyl (C=O) groups excluding carboxylic acids is 1. The van der Waals surface area contributed by atoms with Crippen molar-refractivity contribution in [3.63, 3.8) is 0 Å². The Hall–Kier alpha value is -3.08. The number of nitrogens with zero attached hydrogens (tertiary/aromatic N) is 3. The molecular weight excluding hydrogens is 366 g/mol. The number of hydrazine groups is 1. The number of nitrogens with one attached hydrogen (secondary N) is 2. The predicted molar refractivity (Wildman–Crippen MR) is 107 cm³/mol. The molecule has 0 saturated carbocycles. The Balaban J connectivity index is 1.27. The van der Waals surface area contributed by atoms with E-state index in [2.05, 4.69) is 17.0 Å². The fourth-order valence-corrected chi connectivity index (χ4v) is 4.66. The van der Waals surface area contributed by atoms with Crippen LogP contribution < -0.4 is 15.6 Å². The second kappa shape index (κ2) is 7.39. The summed E-state index contributed by atoms with van der Waals surface area (Å²) in [7, 11) is 0. The van der Waals surface area contributed by atoms with E-state index in [9.17, 15) is 4.79 Å². The van der Waals surface area contributed by atoms with Gasteiger partial charge in [-0.2, -0.15) is 5.26 Å². The van der Waals surface area contributed by atoms with Gasteiger partial charge < -0.3 is 14.5 Å². The van der Waals surface area contributed by atoms with Crippen LogP contribution in [0, 0.1) is 11.5 Å². The first-order valence-corrected chi connectivity index (χ1v) is 10.0. The minimum Gasteiger partial charge on any atom is -0.457 e. The van der Waals surface area contributed by atoms with Gasteiger partial charge in [0.2, 0.25) is 5.91 Å². The fraction of sp³-hybridized carbons (Fsp3) is 0.364. The lowest BCUT2D eigenvalue weighted by Gasteiger charge is -2.32. The molecule has 2 aromatic carbocycles. The highest BCUT2D eigenvalue weighted by molar-refractivity contribution is 5.83. The summed E-state index contributed by atoms with van der Waals surface area (Å²) in [5, 5.41) is 9.16. The number of amides is 1. The molecule has 0 aliphatic carbocycles.